The van der Waals surface area contributed by atoms with Crippen LogP contribution in [0.2, 0.25) is 0 Å². The van der Waals surface area contributed by atoms with Crippen molar-refractivity contribution in [2.75, 3.05) is 0 Å². The molecule has 0 aliphatic heterocycles. The lowest BCUT2D eigenvalue weighted by Gasteiger charge is -2.27. The molecule has 0 saturated heterocycles. The van der Waals surface area contributed by atoms with E-state index >= 15 is 0 Å². The van der Waals surface area contributed by atoms with Gasteiger partial charge in [0.15, 0.2) is 0 Å². The fourth-order valence-corrected chi connectivity index (χ4v) is 3.50. The van der Waals surface area contributed by atoms with E-state index in [-0.39, 0.29) is 0 Å². The Bertz CT molecular complexity index is 460. The van der Waals surface area contributed by atoms with Crippen LogP contribution in [-0.4, -0.2) is 4.98 Å². The van der Waals surface area contributed by atoms with Gasteiger partial charge in [-0.25, -0.2) is 0 Å². The van der Waals surface area contributed by atoms with E-state index < -0.39 is 0 Å². The highest BCUT2D eigenvalue weighted by Gasteiger charge is 2.21. The molecule has 1 atom stereocenters. The quantitative estimate of drug-likeness (QED) is 0.742. The number of aromatic nitrogens is 1. The summed E-state index contributed by atoms with van der Waals surface area (Å²) in [6.07, 6.45) is 12.2. The van der Waals surface area contributed by atoms with E-state index in [4.69, 9.17) is 0 Å². The summed E-state index contributed by atoms with van der Waals surface area (Å²) in [6.45, 7) is 0. The zero-order valence-corrected chi connectivity index (χ0v) is 12.0. The van der Waals surface area contributed by atoms with Crippen LogP contribution in [0.15, 0.2) is 54.9 Å². The molecule has 1 aromatic heterocycles. The zero-order valence-electron chi connectivity index (χ0n) is 12.0. The lowest BCUT2D eigenvalue weighted by Crippen LogP contribution is -2.12. The Morgan fingerprint density at radius 2 is 1.50 bits per heavy atom. The number of benzene rings is 1. The second-order valence-electron chi connectivity index (χ2n) is 5.98. The summed E-state index contributed by atoms with van der Waals surface area (Å²) in [5.41, 5.74) is 2.86. The van der Waals surface area contributed by atoms with Gasteiger partial charge < -0.3 is 0 Å². The average molecular weight is 265 g/mol. The topological polar surface area (TPSA) is 12.9 Å². The van der Waals surface area contributed by atoms with Gasteiger partial charge in [-0.15, -0.1) is 0 Å². The highest BCUT2D eigenvalue weighted by molar-refractivity contribution is 5.31. The van der Waals surface area contributed by atoms with Crippen LogP contribution in [0.1, 0.15) is 55.6 Å². The Balaban J connectivity index is 1.83. The summed E-state index contributed by atoms with van der Waals surface area (Å²) >= 11 is 0. The van der Waals surface area contributed by atoms with Gasteiger partial charge in [-0.1, -0.05) is 62.4 Å². The Morgan fingerprint density at radius 1 is 0.850 bits per heavy atom. The molecule has 1 aromatic carbocycles. The smallest absolute Gasteiger partial charge is 0.0270 e. The maximum absolute atomic E-state index is 4.17. The van der Waals surface area contributed by atoms with Crippen LogP contribution in [0.5, 0.6) is 0 Å². The lowest BCUT2D eigenvalue weighted by atomic mass is 9.78. The van der Waals surface area contributed by atoms with Crippen molar-refractivity contribution in [2.45, 2.75) is 44.4 Å². The van der Waals surface area contributed by atoms with Crippen LogP contribution in [0.25, 0.3) is 0 Å². The average Bonchev–Trinajstić information content (AvgIpc) is 2.55. The molecule has 104 valence electrons. The van der Waals surface area contributed by atoms with Crippen LogP contribution >= 0.6 is 0 Å². The first-order valence-electron chi connectivity index (χ1n) is 7.88. The molecule has 0 spiro atoms. The highest BCUT2D eigenvalue weighted by Crippen LogP contribution is 2.36. The van der Waals surface area contributed by atoms with Gasteiger partial charge in [0.1, 0.15) is 0 Å². The second kappa shape index (κ2) is 6.69. The first-order valence-corrected chi connectivity index (χ1v) is 7.88. The Kier molecular flexibility index (Phi) is 4.47. The van der Waals surface area contributed by atoms with Crippen molar-refractivity contribution in [3.63, 3.8) is 0 Å². The third-order valence-electron chi connectivity index (χ3n) is 4.60. The fraction of sp³-hybridized carbons (Fsp3) is 0.421. The van der Waals surface area contributed by atoms with Crippen LogP contribution in [0.4, 0.5) is 0 Å². The van der Waals surface area contributed by atoms with Gasteiger partial charge >= 0.3 is 0 Å². The number of rotatable bonds is 4. The van der Waals surface area contributed by atoms with Crippen molar-refractivity contribution in [3.8, 4) is 0 Å². The van der Waals surface area contributed by atoms with E-state index in [0.717, 1.165) is 5.92 Å². The number of hydrogen-bond donors (Lipinski definition) is 0. The van der Waals surface area contributed by atoms with Crippen LogP contribution < -0.4 is 0 Å². The van der Waals surface area contributed by atoms with Crippen molar-refractivity contribution in [1.82, 2.24) is 4.98 Å². The first-order chi connectivity index (χ1) is 9.93. The van der Waals surface area contributed by atoms with Crippen LogP contribution in [0, 0.1) is 5.92 Å². The van der Waals surface area contributed by atoms with Gasteiger partial charge in [0, 0.05) is 18.3 Å². The third kappa shape index (κ3) is 3.27. The van der Waals surface area contributed by atoms with Gasteiger partial charge in [-0.3, -0.25) is 4.98 Å². The summed E-state index contributed by atoms with van der Waals surface area (Å²) in [4.78, 5) is 4.17. The summed E-state index contributed by atoms with van der Waals surface area (Å²) in [6, 6.07) is 15.3. The highest BCUT2D eigenvalue weighted by atomic mass is 14.6. The summed E-state index contributed by atoms with van der Waals surface area (Å²) < 4.78 is 0. The minimum absolute atomic E-state index is 0.530. The zero-order chi connectivity index (χ0) is 13.6. The summed E-state index contributed by atoms with van der Waals surface area (Å²) in [7, 11) is 0. The van der Waals surface area contributed by atoms with Gasteiger partial charge in [-0.05, 0) is 35.6 Å². The molecule has 1 nitrogen and oxygen atoms in total. The van der Waals surface area contributed by atoms with E-state index in [9.17, 15) is 0 Å². The molecular weight excluding hydrogens is 242 g/mol. The maximum Gasteiger partial charge on any atom is 0.0270 e. The Labute approximate surface area is 122 Å². The molecule has 2 aromatic rings. The molecule has 1 unspecified atom stereocenters. The van der Waals surface area contributed by atoms with E-state index in [1.807, 2.05) is 12.4 Å². The Hall–Kier alpha value is -1.63. The van der Waals surface area contributed by atoms with Crippen molar-refractivity contribution >= 4 is 0 Å². The standard InChI is InChI=1S/C19H23N/c1-3-7-16(8-4-1)15-19(17-9-5-2-6-10-17)18-11-13-20-14-12-18/h2,5-6,9-14,16,19H,1,3-4,7-8,15H2. The summed E-state index contributed by atoms with van der Waals surface area (Å²) in [5, 5.41) is 0. The largest absolute Gasteiger partial charge is 0.265 e. The molecule has 0 amide bonds. The second-order valence-corrected chi connectivity index (χ2v) is 5.98. The fourth-order valence-electron chi connectivity index (χ4n) is 3.50. The molecule has 3 rings (SSSR count). The molecule has 20 heavy (non-hydrogen) atoms. The van der Waals surface area contributed by atoms with Crippen LogP contribution in [-0.2, 0) is 0 Å². The molecular formula is C19H23N. The number of pyridine rings is 1. The molecule has 0 bridgehead atoms. The first kappa shape index (κ1) is 13.4. The third-order valence-corrected chi connectivity index (χ3v) is 4.60. The summed E-state index contributed by atoms with van der Waals surface area (Å²) in [5.74, 6) is 1.42. The molecule has 0 N–H and O–H groups in total. The minimum atomic E-state index is 0.530. The monoisotopic (exact) mass is 265 g/mol. The molecule has 1 saturated carbocycles. The molecule has 1 heterocycles. The van der Waals surface area contributed by atoms with Crippen molar-refractivity contribution in [2.24, 2.45) is 5.92 Å². The number of hydrogen-bond acceptors (Lipinski definition) is 1. The van der Waals surface area contributed by atoms with Gasteiger partial charge in [0.25, 0.3) is 0 Å². The number of nitrogens with zero attached hydrogens (tertiary/aromatic N) is 1. The SMILES string of the molecule is c1ccc(C(CC2CCCCC2)c2ccncc2)cc1. The maximum atomic E-state index is 4.17. The molecule has 1 fully saturated rings. The molecule has 0 radical (unpaired) electrons. The predicted molar refractivity (Wildman–Crippen MR) is 83.7 cm³/mol. The molecule has 1 aliphatic rings. The van der Waals surface area contributed by atoms with Crippen LogP contribution in [0.3, 0.4) is 0 Å². The predicted octanol–water partition coefficient (Wildman–Crippen LogP) is 5.18. The van der Waals surface area contributed by atoms with Crippen molar-refractivity contribution < 1.29 is 0 Å². The minimum Gasteiger partial charge on any atom is -0.265 e. The van der Waals surface area contributed by atoms with Gasteiger partial charge in [0.05, 0.1) is 0 Å². The molecule has 1 heteroatoms. The van der Waals surface area contributed by atoms with Crippen molar-refractivity contribution in [1.29, 1.82) is 0 Å². The Morgan fingerprint density at radius 3 is 2.20 bits per heavy atom. The lowest BCUT2D eigenvalue weighted by molar-refractivity contribution is 0.327. The van der Waals surface area contributed by atoms with Gasteiger partial charge in [0.2, 0.25) is 0 Å². The van der Waals surface area contributed by atoms with E-state index in [0.29, 0.717) is 5.92 Å². The normalized spacial score (nSPS) is 17.8. The van der Waals surface area contributed by atoms with E-state index in [1.54, 1.807) is 0 Å². The van der Waals surface area contributed by atoms with Gasteiger partial charge in [-0.2, -0.15) is 0 Å². The van der Waals surface area contributed by atoms with E-state index in [1.165, 1.54) is 49.7 Å². The molecule has 1 aliphatic carbocycles. The van der Waals surface area contributed by atoms with E-state index in [2.05, 4.69) is 47.4 Å². The van der Waals surface area contributed by atoms with Crippen molar-refractivity contribution in [3.05, 3.63) is 66.0 Å².